The fourth-order valence-electron chi connectivity index (χ4n) is 2.33. The maximum Gasteiger partial charge on any atom is 0.251 e. The third-order valence-electron chi connectivity index (χ3n) is 4.64. The fourth-order valence-corrected chi connectivity index (χ4v) is 2.33. The second-order valence-electron chi connectivity index (χ2n) is 6.58. The first-order valence-electron chi connectivity index (χ1n) is 8.20. The molecule has 128 valence electrons. The molecule has 2 rings (SSSR count). The zero-order chi connectivity index (χ0) is 17.7. The van der Waals surface area contributed by atoms with Gasteiger partial charge >= 0.3 is 0 Å². The molecule has 2 aromatic carbocycles. The quantitative estimate of drug-likeness (QED) is 0.853. The molecule has 0 atom stereocenters. The second kappa shape index (κ2) is 7.47. The molecule has 24 heavy (non-hydrogen) atoms. The number of nitrogens with one attached hydrogen (secondary N) is 1. The summed E-state index contributed by atoms with van der Waals surface area (Å²) in [5.74, 6) is -0.414. The summed E-state index contributed by atoms with van der Waals surface area (Å²) in [7, 11) is 2.04. The van der Waals surface area contributed by atoms with Crippen LogP contribution in [0.3, 0.4) is 0 Å². The number of anilines is 1. The van der Waals surface area contributed by atoms with Gasteiger partial charge in [0.1, 0.15) is 5.82 Å². The Balaban J connectivity index is 2.07. The van der Waals surface area contributed by atoms with Crippen molar-refractivity contribution in [2.24, 2.45) is 0 Å². The van der Waals surface area contributed by atoms with Gasteiger partial charge in [0.2, 0.25) is 0 Å². The molecule has 2 aromatic rings. The van der Waals surface area contributed by atoms with Gasteiger partial charge in [0, 0.05) is 30.4 Å². The smallest absolute Gasteiger partial charge is 0.251 e. The summed E-state index contributed by atoms with van der Waals surface area (Å²) in [4.78, 5) is 14.6. The highest BCUT2D eigenvalue weighted by atomic mass is 19.1. The molecular formula is C20H25FN2O. The number of amides is 1. The van der Waals surface area contributed by atoms with E-state index in [1.165, 1.54) is 12.1 Å². The number of hydrogen-bond acceptors (Lipinski definition) is 2. The molecule has 3 nitrogen and oxygen atoms in total. The highest BCUT2D eigenvalue weighted by molar-refractivity contribution is 5.95. The molecule has 0 saturated carbocycles. The van der Waals surface area contributed by atoms with Crippen LogP contribution in [0.2, 0.25) is 0 Å². The van der Waals surface area contributed by atoms with Crippen LogP contribution in [0.15, 0.2) is 48.5 Å². The summed E-state index contributed by atoms with van der Waals surface area (Å²) in [5.41, 5.74) is 2.51. The molecular weight excluding hydrogens is 303 g/mol. The van der Waals surface area contributed by atoms with Gasteiger partial charge in [-0.1, -0.05) is 25.1 Å². The van der Waals surface area contributed by atoms with Crippen LogP contribution < -0.4 is 10.2 Å². The predicted molar refractivity (Wildman–Crippen MR) is 96.8 cm³/mol. The van der Waals surface area contributed by atoms with E-state index >= 15 is 0 Å². The molecule has 0 aliphatic heterocycles. The van der Waals surface area contributed by atoms with Crippen molar-refractivity contribution >= 4 is 11.6 Å². The summed E-state index contributed by atoms with van der Waals surface area (Å²) < 4.78 is 12.9. The SMILES string of the molecule is CCC(C)(C)N(C)c1cccc(C(=O)NCc2ccc(F)cc2)c1. The molecule has 0 saturated heterocycles. The number of rotatable bonds is 6. The van der Waals surface area contributed by atoms with Crippen LogP contribution in [0.25, 0.3) is 0 Å². The summed E-state index contributed by atoms with van der Waals surface area (Å²) in [6.07, 6.45) is 1.00. The Morgan fingerprint density at radius 2 is 1.83 bits per heavy atom. The van der Waals surface area contributed by atoms with Gasteiger partial charge in [-0.15, -0.1) is 0 Å². The maximum absolute atomic E-state index is 12.9. The normalized spacial score (nSPS) is 11.2. The van der Waals surface area contributed by atoms with Crippen LogP contribution in [-0.4, -0.2) is 18.5 Å². The van der Waals surface area contributed by atoms with Crippen LogP contribution in [0.1, 0.15) is 43.1 Å². The molecule has 4 heteroatoms. The molecule has 0 aliphatic carbocycles. The van der Waals surface area contributed by atoms with Gasteiger partial charge in [-0.3, -0.25) is 4.79 Å². The van der Waals surface area contributed by atoms with Gasteiger partial charge in [-0.05, 0) is 56.2 Å². The van der Waals surface area contributed by atoms with Crippen molar-refractivity contribution in [2.75, 3.05) is 11.9 Å². The van der Waals surface area contributed by atoms with E-state index in [1.807, 2.05) is 25.2 Å². The van der Waals surface area contributed by atoms with E-state index < -0.39 is 0 Å². The molecule has 0 bridgehead atoms. The summed E-state index contributed by atoms with van der Waals surface area (Å²) in [6, 6.07) is 13.7. The van der Waals surface area contributed by atoms with E-state index in [9.17, 15) is 9.18 Å². The molecule has 0 spiro atoms. The summed E-state index contributed by atoms with van der Waals surface area (Å²) in [5, 5.41) is 2.87. The van der Waals surface area contributed by atoms with E-state index in [1.54, 1.807) is 18.2 Å². The van der Waals surface area contributed by atoms with E-state index in [0.29, 0.717) is 12.1 Å². The third-order valence-corrected chi connectivity index (χ3v) is 4.64. The Morgan fingerprint density at radius 3 is 2.46 bits per heavy atom. The average molecular weight is 328 g/mol. The van der Waals surface area contributed by atoms with Gasteiger partial charge in [0.15, 0.2) is 0 Å². The number of carbonyl (C=O) groups is 1. The first-order valence-corrected chi connectivity index (χ1v) is 8.20. The van der Waals surface area contributed by atoms with Crippen molar-refractivity contribution in [2.45, 2.75) is 39.3 Å². The standard InChI is InChI=1S/C20H25FN2O/c1-5-20(2,3)23(4)18-8-6-7-16(13-18)19(24)22-14-15-9-11-17(21)12-10-15/h6-13H,5,14H2,1-4H3,(H,22,24). The minimum atomic E-state index is -0.278. The number of hydrogen-bond donors (Lipinski definition) is 1. The van der Waals surface area contributed by atoms with Gasteiger partial charge in [-0.25, -0.2) is 4.39 Å². The number of halogens is 1. The largest absolute Gasteiger partial charge is 0.369 e. The topological polar surface area (TPSA) is 32.3 Å². The van der Waals surface area contributed by atoms with Crippen molar-refractivity contribution in [3.63, 3.8) is 0 Å². The Bertz CT molecular complexity index is 695. The molecule has 0 radical (unpaired) electrons. The third kappa shape index (κ3) is 4.34. The lowest BCUT2D eigenvalue weighted by Gasteiger charge is -2.37. The second-order valence-corrected chi connectivity index (χ2v) is 6.58. The van der Waals surface area contributed by atoms with Crippen LogP contribution in [0.5, 0.6) is 0 Å². The highest BCUT2D eigenvalue weighted by Crippen LogP contribution is 2.25. The lowest BCUT2D eigenvalue weighted by Crippen LogP contribution is -2.40. The minimum Gasteiger partial charge on any atom is -0.369 e. The maximum atomic E-state index is 12.9. The predicted octanol–water partition coefficient (Wildman–Crippen LogP) is 4.38. The summed E-state index contributed by atoms with van der Waals surface area (Å²) in [6.45, 7) is 6.87. The van der Waals surface area contributed by atoms with Crippen molar-refractivity contribution in [1.82, 2.24) is 5.32 Å². The van der Waals surface area contributed by atoms with Crippen LogP contribution in [0.4, 0.5) is 10.1 Å². The molecule has 0 heterocycles. The van der Waals surface area contributed by atoms with Gasteiger partial charge in [0.25, 0.3) is 5.91 Å². The van der Waals surface area contributed by atoms with Gasteiger partial charge < -0.3 is 10.2 Å². The van der Waals surface area contributed by atoms with Crippen molar-refractivity contribution in [3.05, 3.63) is 65.5 Å². The lowest BCUT2D eigenvalue weighted by molar-refractivity contribution is 0.0951. The fraction of sp³-hybridized carbons (Fsp3) is 0.350. The molecule has 0 fully saturated rings. The van der Waals surface area contributed by atoms with E-state index in [-0.39, 0.29) is 17.3 Å². The number of carbonyl (C=O) groups excluding carboxylic acids is 1. The van der Waals surface area contributed by atoms with E-state index in [0.717, 1.165) is 17.7 Å². The van der Waals surface area contributed by atoms with Gasteiger partial charge in [-0.2, -0.15) is 0 Å². The van der Waals surface area contributed by atoms with Gasteiger partial charge in [0.05, 0.1) is 0 Å². The summed E-state index contributed by atoms with van der Waals surface area (Å²) >= 11 is 0. The first-order chi connectivity index (χ1) is 11.3. The Labute approximate surface area is 143 Å². The Hall–Kier alpha value is -2.36. The van der Waals surface area contributed by atoms with Crippen molar-refractivity contribution in [3.8, 4) is 0 Å². The number of benzene rings is 2. The van der Waals surface area contributed by atoms with Crippen molar-refractivity contribution in [1.29, 1.82) is 0 Å². The zero-order valence-corrected chi connectivity index (χ0v) is 14.8. The first kappa shape index (κ1) is 18.0. The van der Waals surface area contributed by atoms with Crippen LogP contribution >= 0.6 is 0 Å². The zero-order valence-electron chi connectivity index (χ0n) is 14.8. The van der Waals surface area contributed by atoms with Crippen LogP contribution in [0, 0.1) is 5.82 Å². The molecule has 0 unspecified atom stereocenters. The molecule has 0 aromatic heterocycles. The Morgan fingerprint density at radius 1 is 1.17 bits per heavy atom. The minimum absolute atomic E-state index is 0.0171. The van der Waals surface area contributed by atoms with Crippen LogP contribution in [-0.2, 0) is 6.54 Å². The highest BCUT2D eigenvalue weighted by Gasteiger charge is 2.22. The van der Waals surface area contributed by atoms with Crippen molar-refractivity contribution < 1.29 is 9.18 Å². The number of nitrogens with zero attached hydrogens (tertiary/aromatic N) is 1. The molecule has 1 N–H and O–H groups in total. The van der Waals surface area contributed by atoms with E-state index in [2.05, 4.69) is 31.0 Å². The lowest BCUT2D eigenvalue weighted by atomic mass is 9.99. The average Bonchev–Trinajstić information content (AvgIpc) is 2.60. The monoisotopic (exact) mass is 328 g/mol. The molecule has 1 amide bonds. The Kier molecular flexibility index (Phi) is 5.60. The van der Waals surface area contributed by atoms with E-state index in [4.69, 9.17) is 0 Å². The molecule has 0 aliphatic rings.